The Kier molecular flexibility index (Phi) is 17.7. The maximum absolute atomic E-state index is 10.1. The van der Waals surface area contributed by atoms with Gasteiger partial charge in [-0.2, -0.15) is 15.6 Å². The van der Waals surface area contributed by atoms with Crippen molar-refractivity contribution in [2.45, 2.75) is 0 Å². The van der Waals surface area contributed by atoms with Crippen molar-refractivity contribution < 1.29 is 80.7 Å². The summed E-state index contributed by atoms with van der Waals surface area (Å²) in [6.45, 7) is 0. The van der Waals surface area contributed by atoms with E-state index in [1.165, 1.54) is 0 Å². The second-order valence-electron chi connectivity index (χ2n) is 4.12. The molecule has 0 unspecified atom stereocenters. The molecule has 0 amide bonds. The Labute approximate surface area is 176 Å². The van der Waals surface area contributed by atoms with E-state index in [2.05, 4.69) is 0 Å². The summed E-state index contributed by atoms with van der Waals surface area (Å²) in [4.78, 5) is 61.4. The molecule has 0 spiro atoms. The Morgan fingerprint density at radius 1 is 0.654 bits per heavy atom. The molecule has 1 N–H and O–H groups in total. The molecule has 0 radical (unpaired) electrons. The molecule has 2 rings (SSSR count). The molecule has 26 heavy (non-hydrogen) atoms. The van der Waals surface area contributed by atoms with Crippen LogP contribution in [-0.4, -0.2) is 13.8 Å². The normalized spacial score (nSPS) is 10.2. The molecule has 0 aliphatic heterocycles. The van der Waals surface area contributed by atoms with Gasteiger partial charge in [0.2, 0.25) is 9.04 Å². The molecule has 14 heteroatoms. The summed E-state index contributed by atoms with van der Waals surface area (Å²) in [5, 5.41) is 2.14. The fourth-order valence-electron chi connectivity index (χ4n) is 1.46. The number of hydrogen-bond acceptors (Lipinski definition) is 9. The van der Waals surface area contributed by atoms with E-state index in [4.69, 9.17) is 38.5 Å². The van der Waals surface area contributed by atoms with Gasteiger partial charge in [-0.05, 0) is 10.4 Å². The minimum atomic E-state index is -5.39. The third kappa shape index (κ3) is 22.1. The third-order valence-electron chi connectivity index (χ3n) is 2.23. The van der Waals surface area contributed by atoms with Crippen molar-refractivity contribution in [3.05, 3.63) is 60.7 Å². The molecule has 0 atom stereocenters. The summed E-state index contributed by atoms with van der Waals surface area (Å²) in [7, 11) is -12.7. The zero-order valence-electron chi connectivity index (χ0n) is 13.4. The fourth-order valence-corrected chi connectivity index (χ4v) is 3.02. The van der Waals surface area contributed by atoms with E-state index < -0.39 is 24.7 Å². The van der Waals surface area contributed by atoms with Crippen molar-refractivity contribution in [3.63, 3.8) is 0 Å². The Morgan fingerprint density at radius 3 is 1.04 bits per heavy atom. The molecule has 134 valence electrons. The molecule has 0 aliphatic carbocycles. The van der Waals surface area contributed by atoms with Crippen LogP contribution in [0.25, 0.3) is 0 Å². The first kappa shape index (κ1) is 30.7. The SMILES string of the molecule is O=P([O-])([O-])[O-].O=P([O-])([O-])[O-].O[SiH](c1ccccc1)c1ccccc1.[Li+].[V+5]. The predicted molar refractivity (Wildman–Crippen MR) is 76.7 cm³/mol. The van der Waals surface area contributed by atoms with Gasteiger partial charge in [0.1, 0.15) is 0 Å². The average molecular weight is 448 g/mol. The molecular formula is C12H12LiO9P2SiV. The Bertz CT molecular complexity index is 608. The molecule has 0 aromatic heterocycles. The van der Waals surface area contributed by atoms with E-state index in [1.807, 2.05) is 60.7 Å². The number of rotatable bonds is 2. The van der Waals surface area contributed by atoms with Crippen molar-refractivity contribution in [1.82, 2.24) is 0 Å². The average Bonchev–Trinajstić information content (AvgIpc) is 2.45. The topological polar surface area (TPSA) is 193 Å². The van der Waals surface area contributed by atoms with E-state index in [9.17, 15) is 4.80 Å². The van der Waals surface area contributed by atoms with Crippen molar-refractivity contribution in [1.29, 1.82) is 0 Å². The van der Waals surface area contributed by atoms with Crippen molar-refractivity contribution in [2.75, 3.05) is 0 Å². The van der Waals surface area contributed by atoms with E-state index in [-0.39, 0.29) is 37.4 Å². The minimum absolute atomic E-state index is 0. The first-order valence-corrected chi connectivity index (χ1v) is 10.7. The second-order valence-corrected chi connectivity index (χ2v) is 8.05. The van der Waals surface area contributed by atoms with Gasteiger partial charge < -0.3 is 43.3 Å². The fraction of sp³-hybridized carbons (Fsp3) is 0. The molecular weight excluding hydrogens is 436 g/mol. The first-order valence-electron chi connectivity index (χ1n) is 6.12. The molecule has 2 aromatic carbocycles. The van der Waals surface area contributed by atoms with Gasteiger partial charge in [0, 0.05) is 0 Å². The zero-order chi connectivity index (χ0) is 18.8. The van der Waals surface area contributed by atoms with Crippen molar-refractivity contribution in [3.8, 4) is 0 Å². The summed E-state index contributed by atoms with van der Waals surface area (Å²) >= 11 is 0. The molecule has 0 aliphatic rings. The predicted octanol–water partition coefficient (Wildman–Crippen LogP) is -8.13. The van der Waals surface area contributed by atoms with Crippen LogP contribution in [0.5, 0.6) is 0 Å². The van der Waals surface area contributed by atoms with Crippen molar-refractivity contribution in [2.24, 2.45) is 0 Å². The van der Waals surface area contributed by atoms with Crippen LogP contribution < -0.4 is 58.6 Å². The zero-order valence-corrected chi connectivity index (χ0v) is 17.7. The Morgan fingerprint density at radius 2 is 0.846 bits per heavy atom. The van der Waals surface area contributed by atoms with Crippen LogP contribution in [0.15, 0.2) is 60.7 Å². The summed E-state index contributed by atoms with van der Waals surface area (Å²) in [5.74, 6) is 0. The molecule has 2 aromatic rings. The first-order chi connectivity index (χ1) is 10.9. The standard InChI is InChI=1S/C12H12OSi.Li.2H3O4P.V/c13-14(11-7-3-1-4-8-11)12-9-5-2-6-10-12;;2*1-5(2,3)4;/h1-10,13-14H;;2*(H3,1,2,3,4);/q;+1;;;+5/p-6. The maximum Gasteiger partial charge on any atom is 5.00 e. The smallest absolute Gasteiger partial charge is 0.822 e. The third-order valence-corrected chi connectivity index (χ3v) is 4.26. The van der Waals surface area contributed by atoms with Gasteiger partial charge in [-0.1, -0.05) is 60.7 Å². The van der Waals surface area contributed by atoms with Crippen LogP contribution in [0.2, 0.25) is 0 Å². The van der Waals surface area contributed by atoms with Gasteiger partial charge >= 0.3 is 37.4 Å². The summed E-state index contributed by atoms with van der Waals surface area (Å²) in [6, 6.07) is 19.8. The second kappa shape index (κ2) is 15.0. The largest absolute Gasteiger partial charge is 5.00 e. The van der Waals surface area contributed by atoms with E-state index in [0.717, 1.165) is 10.4 Å². The van der Waals surface area contributed by atoms with Crippen molar-refractivity contribution >= 4 is 35.1 Å². The molecule has 9 nitrogen and oxygen atoms in total. The molecule has 0 saturated heterocycles. The molecule has 0 bridgehead atoms. The van der Waals surface area contributed by atoms with Crippen LogP contribution in [0, 0.1) is 0 Å². The maximum atomic E-state index is 10.1. The van der Waals surface area contributed by atoms with Gasteiger partial charge in [-0.25, -0.2) is 0 Å². The summed E-state index contributed by atoms with van der Waals surface area (Å²) in [6.07, 6.45) is 0. The van der Waals surface area contributed by atoms with Crippen LogP contribution >= 0.6 is 15.6 Å². The van der Waals surface area contributed by atoms with Gasteiger partial charge in [-0.3, -0.25) is 0 Å². The van der Waals surface area contributed by atoms with E-state index >= 15 is 0 Å². The summed E-state index contributed by atoms with van der Waals surface area (Å²) < 4.78 is 17.1. The van der Waals surface area contributed by atoms with Gasteiger partial charge in [0.05, 0.1) is 0 Å². The Balaban J connectivity index is -0.000000375. The molecule has 0 saturated carbocycles. The van der Waals surface area contributed by atoms with Gasteiger partial charge in [0.15, 0.2) is 0 Å². The molecule has 0 fully saturated rings. The van der Waals surface area contributed by atoms with E-state index in [0.29, 0.717) is 0 Å². The van der Waals surface area contributed by atoms with Crippen LogP contribution in [0.1, 0.15) is 0 Å². The number of phosphoric acid groups is 2. The van der Waals surface area contributed by atoms with Gasteiger partial charge in [-0.15, -0.1) is 0 Å². The minimum Gasteiger partial charge on any atom is -0.822 e. The molecule has 0 heterocycles. The quantitative estimate of drug-likeness (QED) is 0.343. The van der Waals surface area contributed by atoms with Gasteiger partial charge in [0.25, 0.3) is 0 Å². The van der Waals surface area contributed by atoms with Crippen LogP contribution in [-0.2, 0) is 27.7 Å². The number of benzene rings is 2. The number of hydrogen-bond donors (Lipinski definition) is 1. The summed E-state index contributed by atoms with van der Waals surface area (Å²) in [5.41, 5.74) is 0. The van der Waals surface area contributed by atoms with Crippen LogP contribution in [0.4, 0.5) is 0 Å². The van der Waals surface area contributed by atoms with E-state index in [1.54, 1.807) is 0 Å². The monoisotopic (exact) mass is 448 g/mol. The Hall–Kier alpha value is 0.0187. The van der Waals surface area contributed by atoms with Crippen LogP contribution in [0.3, 0.4) is 0 Å².